The number of rotatable bonds is 2. The molecule has 0 amide bonds. The van der Waals surface area contributed by atoms with Crippen LogP contribution in [0.5, 0.6) is 11.5 Å². The van der Waals surface area contributed by atoms with Crippen LogP contribution in [0, 0.1) is 12.8 Å². The Bertz CT molecular complexity index is 840. The number of hydrogen-bond acceptors (Lipinski definition) is 6. The number of esters is 1. The molecule has 0 bridgehead atoms. The molecule has 2 aliphatic rings. The number of aryl methyl sites for hydroxylation is 1. The summed E-state index contributed by atoms with van der Waals surface area (Å²) in [5.41, 5.74) is 2.86. The maximum atomic E-state index is 12.3. The van der Waals surface area contributed by atoms with Crippen LogP contribution in [0.2, 0.25) is 0 Å². The van der Waals surface area contributed by atoms with E-state index in [4.69, 9.17) is 9.47 Å². The molecule has 23 heavy (non-hydrogen) atoms. The number of benzene rings is 1. The van der Waals surface area contributed by atoms with Crippen LogP contribution in [0.4, 0.5) is 5.82 Å². The number of phenolic OH excluding ortho intramolecular Hbond substituents is 1. The van der Waals surface area contributed by atoms with Crippen molar-refractivity contribution >= 4 is 17.5 Å². The molecule has 0 saturated carbocycles. The van der Waals surface area contributed by atoms with E-state index < -0.39 is 11.8 Å². The number of methoxy groups -OCH3 is 1. The number of aromatic nitrogens is 2. The van der Waals surface area contributed by atoms with Gasteiger partial charge in [0.25, 0.3) is 0 Å². The summed E-state index contributed by atoms with van der Waals surface area (Å²) in [6.45, 7) is 2.03. The molecular weight excluding hydrogens is 298 g/mol. The van der Waals surface area contributed by atoms with Gasteiger partial charge in [-0.15, -0.1) is 0 Å². The second-order valence-electron chi connectivity index (χ2n) is 5.65. The van der Waals surface area contributed by atoms with Crippen LogP contribution >= 0.6 is 0 Å². The normalized spacial score (nSPS) is 22.2. The van der Waals surface area contributed by atoms with Gasteiger partial charge in [-0.25, -0.2) is 4.99 Å². The van der Waals surface area contributed by atoms with Crippen LogP contribution in [0.1, 0.15) is 22.7 Å². The first-order chi connectivity index (χ1) is 11.1. The third kappa shape index (κ3) is 1.86. The third-order valence-corrected chi connectivity index (χ3v) is 4.43. The Hall–Kier alpha value is -2.83. The van der Waals surface area contributed by atoms with E-state index in [0.717, 1.165) is 11.3 Å². The number of H-pyrrole nitrogens is 1. The molecule has 1 saturated heterocycles. The van der Waals surface area contributed by atoms with Crippen LogP contribution in [-0.2, 0) is 9.53 Å². The molecule has 0 radical (unpaired) electrons. The number of cyclic esters (lactones) is 1. The first-order valence-electron chi connectivity index (χ1n) is 7.26. The predicted molar refractivity (Wildman–Crippen MR) is 81.4 cm³/mol. The lowest BCUT2D eigenvalue weighted by Gasteiger charge is -2.26. The fraction of sp³-hybridized carbons (Fsp3) is 0.312. The van der Waals surface area contributed by atoms with Crippen LogP contribution in [0.25, 0.3) is 0 Å². The minimum absolute atomic E-state index is 0.0208. The zero-order valence-electron chi connectivity index (χ0n) is 12.7. The molecule has 2 unspecified atom stereocenters. The molecule has 118 valence electrons. The number of carbonyl (C=O) groups excluding carboxylic acids is 1. The Labute approximate surface area is 132 Å². The largest absolute Gasteiger partial charge is 0.504 e. The lowest BCUT2D eigenvalue weighted by Crippen LogP contribution is -2.28. The monoisotopic (exact) mass is 313 g/mol. The summed E-state index contributed by atoms with van der Waals surface area (Å²) in [4.78, 5) is 16.7. The second-order valence-corrected chi connectivity index (χ2v) is 5.65. The molecule has 1 aromatic heterocycles. The minimum Gasteiger partial charge on any atom is -0.504 e. The van der Waals surface area contributed by atoms with Gasteiger partial charge in [-0.1, -0.05) is 12.1 Å². The SMILES string of the molecule is COc1cccc(C2c3c(n[nH]c3C)N=C3COC(=O)C32)c1O. The molecule has 3 heterocycles. The number of phenols is 1. The summed E-state index contributed by atoms with van der Waals surface area (Å²) in [6.07, 6.45) is 0. The van der Waals surface area contributed by atoms with Gasteiger partial charge in [-0.3, -0.25) is 9.89 Å². The van der Waals surface area contributed by atoms with E-state index in [1.165, 1.54) is 7.11 Å². The van der Waals surface area contributed by atoms with Crippen molar-refractivity contribution in [2.75, 3.05) is 13.7 Å². The van der Waals surface area contributed by atoms with Gasteiger partial charge in [0.1, 0.15) is 12.5 Å². The molecule has 2 aliphatic heterocycles. The molecule has 4 rings (SSSR count). The number of para-hydroxylation sites is 1. The molecule has 1 fully saturated rings. The van der Waals surface area contributed by atoms with Crippen molar-refractivity contribution in [3.05, 3.63) is 35.0 Å². The summed E-state index contributed by atoms with van der Waals surface area (Å²) < 4.78 is 10.4. The van der Waals surface area contributed by atoms with Crippen LogP contribution in [0.3, 0.4) is 0 Å². The Morgan fingerprint density at radius 3 is 3.00 bits per heavy atom. The molecule has 7 nitrogen and oxygen atoms in total. The Kier molecular flexibility index (Phi) is 2.90. The number of nitrogens with one attached hydrogen (secondary N) is 1. The lowest BCUT2D eigenvalue weighted by atomic mass is 9.77. The van der Waals surface area contributed by atoms with Gasteiger partial charge >= 0.3 is 5.97 Å². The summed E-state index contributed by atoms with van der Waals surface area (Å²) in [5.74, 6) is -0.354. The Balaban J connectivity index is 1.97. The smallest absolute Gasteiger partial charge is 0.316 e. The van der Waals surface area contributed by atoms with E-state index >= 15 is 0 Å². The molecule has 2 atom stereocenters. The molecule has 0 spiro atoms. The van der Waals surface area contributed by atoms with Gasteiger partial charge in [0.15, 0.2) is 17.3 Å². The zero-order valence-corrected chi connectivity index (χ0v) is 12.7. The van der Waals surface area contributed by atoms with Gasteiger partial charge < -0.3 is 14.6 Å². The third-order valence-electron chi connectivity index (χ3n) is 4.43. The van der Waals surface area contributed by atoms with Crippen LogP contribution in [-0.4, -0.2) is 40.7 Å². The Morgan fingerprint density at radius 2 is 2.22 bits per heavy atom. The fourth-order valence-electron chi connectivity index (χ4n) is 3.37. The maximum Gasteiger partial charge on any atom is 0.316 e. The van der Waals surface area contributed by atoms with E-state index in [0.29, 0.717) is 22.8 Å². The summed E-state index contributed by atoms with van der Waals surface area (Å²) in [6, 6.07) is 5.24. The quantitative estimate of drug-likeness (QED) is 0.824. The fourth-order valence-corrected chi connectivity index (χ4v) is 3.37. The van der Waals surface area contributed by atoms with Gasteiger partial charge in [-0.2, -0.15) is 5.10 Å². The van der Waals surface area contributed by atoms with Crippen LogP contribution in [0.15, 0.2) is 23.2 Å². The number of aliphatic imine (C=N–C) groups is 1. The standard InChI is InChI=1S/C16H15N3O4/c1-7-11-12(8-4-3-5-10(22-2)14(8)20)13-9(6-23-16(13)21)17-15(11)19-18-7/h3-5,12-13,20H,6H2,1-2H3,(H,18,19). The topological polar surface area (TPSA) is 96.8 Å². The molecule has 0 aliphatic carbocycles. The van der Waals surface area contributed by atoms with Gasteiger partial charge in [0.05, 0.1) is 12.8 Å². The molecular formula is C16H15N3O4. The average Bonchev–Trinajstić information content (AvgIpc) is 3.10. The predicted octanol–water partition coefficient (Wildman–Crippen LogP) is 1.82. The number of nitrogens with zero attached hydrogens (tertiary/aromatic N) is 2. The summed E-state index contributed by atoms with van der Waals surface area (Å²) in [5, 5.41) is 17.7. The van der Waals surface area contributed by atoms with Gasteiger partial charge in [0, 0.05) is 22.7 Å². The number of ether oxygens (including phenoxy) is 2. The van der Waals surface area contributed by atoms with E-state index in [-0.39, 0.29) is 18.3 Å². The van der Waals surface area contributed by atoms with Crippen molar-refractivity contribution in [2.45, 2.75) is 12.8 Å². The lowest BCUT2D eigenvalue weighted by molar-refractivity contribution is -0.141. The highest BCUT2D eigenvalue weighted by Crippen LogP contribution is 2.48. The van der Waals surface area contributed by atoms with Crippen molar-refractivity contribution < 1.29 is 19.4 Å². The van der Waals surface area contributed by atoms with Crippen molar-refractivity contribution in [3.8, 4) is 11.5 Å². The van der Waals surface area contributed by atoms with E-state index in [1.807, 2.05) is 6.92 Å². The van der Waals surface area contributed by atoms with E-state index in [9.17, 15) is 9.90 Å². The summed E-state index contributed by atoms with van der Waals surface area (Å²) >= 11 is 0. The molecule has 2 aromatic rings. The Morgan fingerprint density at radius 1 is 1.39 bits per heavy atom. The van der Waals surface area contributed by atoms with Crippen molar-refractivity contribution in [1.29, 1.82) is 0 Å². The second kappa shape index (κ2) is 4.84. The van der Waals surface area contributed by atoms with Crippen molar-refractivity contribution in [1.82, 2.24) is 10.2 Å². The van der Waals surface area contributed by atoms with Crippen LogP contribution < -0.4 is 4.74 Å². The van der Waals surface area contributed by atoms with E-state index in [1.54, 1.807) is 18.2 Å². The number of carbonyl (C=O) groups is 1. The van der Waals surface area contributed by atoms with Crippen molar-refractivity contribution in [2.24, 2.45) is 10.9 Å². The number of hydrogen-bond donors (Lipinski definition) is 2. The highest BCUT2D eigenvalue weighted by Gasteiger charge is 2.47. The van der Waals surface area contributed by atoms with E-state index in [2.05, 4.69) is 15.2 Å². The first kappa shape index (κ1) is 13.8. The summed E-state index contributed by atoms with van der Waals surface area (Å²) in [7, 11) is 1.49. The van der Waals surface area contributed by atoms with Gasteiger partial charge in [0.2, 0.25) is 0 Å². The maximum absolute atomic E-state index is 12.3. The number of fused-ring (bicyclic) bond motifs is 2. The number of aromatic hydroxyl groups is 1. The number of aromatic amines is 1. The molecule has 2 N–H and O–H groups in total. The molecule has 7 heteroatoms. The zero-order chi connectivity index (χ0) is 16.1. The highest BCUT2D eigenvalue weighted by molar-refractivity contribution is 6.11. The highest BCUT2D eigenvalue weighted by atomic mass is 16.5. The molecule has 1 aromatic carbocycles. The average molecular weight is 313 g/mol. The van der Waals surface area contributed by atoms with Crippen molar-refractivity contribution in [3.63, 3.8) is 0 Å². The van der Waals surface area contributed by atoms with Gasteiger partial charge in [-0.05, 0) is 13.0 Å². The first-order valence-corrected chi connectivity index (χ1v) is 7.26. The minimum atomic E-state index is -0.545.